The molecule has 0 saturated carbocycles. The van der Waals surface area contributed by atoms with Crippen LogP contribution in [-0.4, -0.2) is 34.9 Å². The van der Waals surface area contributed by atoms with Crippen molar-refractivity contribution in [1.29, 1.82) is 0 Å². The second kappa shape index (κ2) is 9.80. The molecule has 0 unspecified atom stereocenters. The number of para-hydroxylation sites is 3. The maximum atomic E-state index is 13.3. The Morgan fingerprint density at radius 3 is 2.74 bits per heavy atom. The van der Waals surface area contributed by atoms with Crippen LogP contribution in [0, 0.1) is 0 Å². The number of benzene rings is 2. The summed E-state index contributed by atoms with van der Waals surface area (Å²) in [5.41, 5.74) is 0.990. The van der Waals surface area contributed by atoms with Gasteiger partial charge in [-0.1, -0.05) is 42.1 Å². The van der Waals surface area contributed by atoms with Gasteiger partial charge in [-0.3, -0.25) is 14.2 Å². The average Bonchev–Trinajstić information content (AvgIpc) is 3.31. The predicted molar refractivity (Wildman–Crippen MR) is 126 cm³/mol. The zero-order chi connectivity index (χ0) is 21.6. The molecule has 2 heterocycles. The summed E-state index contributed by atoms with van der Waals surface area (Å²) in [6.45, 7) is 0.574. The Morgan fingerprint density at radius 2 is 1.94 bits per heavy atom. The van der Waals surface area contributed by atoms with Gasteiger partial charge in [-0.25, -0.2) is 4.98 Å². The van der Waals surface area contributed by atoms with Gasteiger partial charge < -0.3 is 10.1 Å². The standard InChI is InChI=1S/C23H21N3O3S2/c1-29-20-11-5-4-10-19(20)26-22(28)17-8-2-3-9-18(17)25-23(26)31-15-21(27)24-13-12-16-7-6-14-30-16/h2-11,14H,12-13,15H2,1H3,(H,24,27). The number of carbonyl (C=O) groups is 1. The topological polar surface area (TPSA) is 73.2 Å². The first-order chi connectivity index (χ1) is 15.2. The largest absolute Gasteiger partial charge is 0.495 e. The number of rotatable bonds is 8. The van der Waals surface area contributed by atoms with Gasteiger partial charge in [0.05, 0.1) is 29.5 Å². The second-order valence-corrected chi connectivity index (χ2v) is 8.67. The molecule has 0 spiro atoms. The van der Waals surface area contributed by atoms with E-state index in [1.807, 2.05) is 41.8 Å². The lowest BCUT2D eigenvalue weighted by molar-refractivity contribution is -0.118. The van der Waals surface area contributed by atoms with Crippen molar-refractivity contribution in [2.24, 2.45) is 0 Å². The summed E-state index contributed by atoms with van der Waals surface area (Å²) in [6.07, 6.45) is 0.800. The van der Waals surface area contributed by atoms with Crippen molar-refractivity contribution in [3.63, 3.8) is 0 Å². The van der Waals surface area contributed by atoms with Crippen LogP contribution < -0.4 is 15.6 Å². The van der Waals surface area contributed by atoms with Gasteiger partial charge in [0.2, 0.25) is 5.91 Å². The normalized spacial score (nSPS) is 10.9. The number of aromatic nitrogens is 2. The van der Waals surface area contributed by atoms with E-state index >= 15 is 0 Å². The maximum absolute atomic E-state index is 13.3. The van der Waals surface area contributed by atoms with E-state index in [0.717, 1.165) is 6.42 Å². The molecule has 31 heavy (non-hydrogen) atoms. The van der Waals surface area contributed by atoms with Crippen molar-refractivity contribution >= 4 is 39.9 Å². The van der Waals surface area contributed by atoms with Crippen LogP contribution in [0.3, 0.4) is 0 Å². The SMILES string of the molecule is COc1ccccc1-n1c(SCC(=O)NCCc2cccs2)nc2ccccc2c1=O. The molecule has 0 atom stereocenters. The van der Waals surface area contributed by atoms with Gasteiger partial charge in [0.1, 0.15) is 5.75 Å². The maximum Gasteiger partial charge on any atom is 0.266 e. The number of amides is 1. The summed E-state index contributed by atoms with van der Waals surface area (Å²) in [5.74, 6) is 0.615. The predicted octanol–water partition coefficient (Wildman–Crippen LogP) is 3.91. The van der Waals surface area contributed by atoms with Crippen molar-refractivity contribution in [2.45, 2.75) is 11.6 Å². The highest BCUT2D eigenvalue weighted by atomic mass is 32.2. The highest BCUT2D eigenvalue weighted by molar-refractivity contribution is 7.99. The minimum atomic E-state index is -0.198. The van der Waals surface area contributed by atoms with E-state index in [9.17, 15) is 9.59 Å². The van der Waals surface area contributed by atoms with Crippen molar-refractivity contribution in [1.82, 2.24) is 14.9 Å². The van der Waals surface area contributed by atoms with Gasteiger partial charge in [-0.2, -0.15) is 0 Å². The molecule has 1 amide bonds. The Kier molecular flexibility index (Phi) is 6.69. The van der Waals surface area contributed by atoms with Gasteiger partial charge in [0.25, 0.3) is 5.56 Å². The number of thioether (sulfide) groups is 1. The van der Waals surface area contributed by atoms with Crippen LogP contribution in [0.4, 0.5) is 0 Å². The summed E-state index contributed by atoms with van der Waals surface area (Å²) in [6, 6.07) is 18.5. The lowest BCUT2D eigenvalue weighted by Gasteiger charge is -2.15. The van der Waals surface area contributed by atoms with E-state index in [1.165, 1.54) is 21.2 Å². The van der Waals surface area contributed by atoms with Crippen LogP contribution in [-0.2, 0) is 11.2 Å². The van der Waals surface area contributed by atoms with Crippen LogP contribution in [0.2, 0.25) is 0 Å². The fourth-order valence-corrected chi connectivity index (χ4v) is 4.74. The lowest BCUT2D eigenvalue weighted by Crippen LogP contribution is -2.28. The van der Waals surface area contributed by atoms with E-state index in [-0.39, 0.29) is 17.2 Å². The number of fused-ring (bicyclic) bond motifs is 1. The van der Waals surface area contributed by atoms with Gasteiger partial charge in [0, 0.05) is 11.4 Å². The summed E-state index contributed by atoms with van der Waals surface area (Å²) >= 11 is 2.91. The fraction of sp³-hybridized carbons (Fsp3) is 0.174. The fourth-order valence-electron chi connectivity index (χ4n) is 3.20. The molecule has 2 aromatic carbocycles. The van der Waals surface area contributed by atoms with Crippen molar-refractivity contribution in [3.8, 4) is 11.4 Å². The second-order valence-electron chi connectivity index (χ2n) is 6.69. The highest BCUT2D eigenvalue weighted by Crippen LogP contribution is 2.27. The molecule has 0 aliphatic carbocycles. The molecule has 8 heteroatoms. The quantitative estimate of drug-likeness (QED) is 0.325. The number of methoxy groups -OCH3 is 1. The zero-order valence-electron chi connectivity index (χ0n) is 16.9. The third kappa shape index (κ3) is 4.81. The van der Waals surface area contributed by atoms with E-state index < -0.39 is 0 Å². The summed E-state index contributed by atoms with van der Waals surface area (Å²) in [4.78, 5) is 31.6. The molecular formula is C23H21N3O3S2. The number of carbonyl (C=O) groups excluding carboxylic acids is 1. The first-order valence-electron chi connectivity index (χ1n) is 9.74. The van der Waals surface area contributed by atoms with E-state index in [2.05, 4.69) is 16.4 Å². The number of thiophene rings is 1. The molecule has 6 nitrogen and oxygen atoms in total. The molecule has 1 N–H and O–H groups in total. The molecule has 2 aromatic heterocycles. The Balaban J connectivity index is 1.60. The first-order valence-corrected chi connectivity index (χ1v) is 11.6. The number of nitrogens with one attached hydrogen (secondary N) is 1. The molecular weight excluding hydrogens is 430 g/mol. The lowest BCUT2D eigenvalue weighted by atomic mass is 10.2. The van der Waals surface area contributed by atoms with Gasteiger partial charge >= 0.3 is 0 Å². The molecule has 158 valence electrons. The van der Waals surface area contributed by atoms with Crippen LogP contribution in [0.1, 0.15) is 4.88 Å². The highest BCUT2D eigenvalue weighted by Gasteiger charge is 2.17. The van der Waals surface area contributed by atoms with Gasteiger partial charge in [0.15, 0.2) is 5.16 Å². The monoisotopic (exact) mass is 451 g/mol. The third-order valence-electron chi connectivity index (χ3n) is 4.68. The minimum absolute atomic E-state index is 0.101. The summed E-state index contributed by atoms with van der Waals surface area (Å²) in [7, 11) is 1.56. The van der Waals surface area contributed by atoms with Crippen LogP contribution in [0.5, 0.6) is 5.75 Å². The van der Waals surface area contributed by atoms with Gasteiger partial charge in [-0.15, -0.1) is 11.3 Å². The van der Waals surface area contributed by atoms with Crippen molar-refractivity contribution in [2.75, 3.05) is 19.4 Å². The first kappa shape index (κ1) is 21.1. The molecule has 0 radical (unpaired) electrons. The Labute approximate surface area is 187 Å². The summed E-state index contributed by atoms with van der Waals surface area (Å²) in [5, 5.41) is 5.91. The van der Waals surface area contributed by atoms with Crippen LogP contribution in [0.15, 0.2) is 76.0 Å². The molecule has 4 aromatic rings. The van der Waals surface area contributed by atoms with E-state index in [0.29, 0.717) is 34.0 Å². The summed E-state index contributed by atoms with van der Waals surface area (Å²) < 4.78 is 6.98. The molecule has 0 aliphatic heterocycles. The number of ether oxygens (including phenoxy) is 1. The molecule has 0 aliphatic rings. The van der Waals surface area contributed by atoms with E-state index in [1.54, 1.807) is 36.6 Å². The Morgan fingerprint density at radius 1 is 1.13 bits per heavy atom. The molecule has 0 bridgehead atoms. The third-order valence-corrected chi connectivity index (χ3v) is 6.55. The minimum Gasteiger partial charge on any atom is -0.495 e. The smallest absolute Gasteiger partial charge is 0.266 e. The number of hydrogen-bond donors (Lipinski definition) is 1. The van der Waals surface area contributed by atoms with Crippen LogP contribution >= 0.6 is 23.1 Å². The Hall–Kier alpha value is -3.10. The molecule has 4 rings (SSSR count). The number of nitrogens with zero attached hydrogens (tertiary/aromatic N) is 2. The van der Waals surface area contributed by atoms with Gasteiger partial charge in [-0.05, 0) is 42.1 Å². The van der Waals surface area contributed by atoms with Crippen LogP contribution in [0.25, 0.3) is 16.6 Å². The Bertz CT molecular complexity index is 1250. The van der Waals surface area contributed by atoms with E-state index in [4.69, 9.17) is 4.74 Å². The molecule has 0 saturated heterocycles. The average molecular weight is 452 g/mol. The molecule has 0 fully saturated rings. The zero-order valence-corrected chi connectivity index (χ0v) is 18.5. The number of hydrogen-bond acceptors (Lipinski definition) is 6. The van der Waals surface area contributed by atoms with Crippen molar-refractivity contribution < 1.29 is 9.53 Å². The van der Waals surface area contributed by atoms with Crippen molar-refractivity contribution in [3.05, 3.63) is 81.3 Å².